The monoisotopic (exact) mass is 241 g/mol. The van der Waals surface area contributed by atoms with Crippen LogP contribution in [0.3, 0.4) is 0 Å². The van der Waals surface area contributed by atoms with Crippen molar-refractivity contribution in [3.63, 3.8) is 0 Å². The fourth-order valence-corrected chi connectivity index (χ4v) is 1.24. The fraction of sp³-hybridized carbons (Fsp3) is 0. The molecule has 1 aromatic rings. The van der Waals surface area contributed by atoms with Crippen molar-refractivity contribution in [2.45, 2.75) is 0 Å². The van der Waals surface area contributed by atoms with Gasteiger partial charge in [0.15, 0.2) is 0 Å². The third kappa shape index (κ3) is 3.40. The molecule has 2 N–H and O–H groups in total. The number of carbonyl (C=O) groups excluding carboxylic acids is 1. The van der Waals surface area contributed by atoms with Crippen LogP contribution in [0.1, 0.15) is 5.56 Å². The maximum Gasteiger partial charge on any atom is 0.267 e. The largest absolute Gasteiger partial charge is 0.288 e. The van der Waals surface area contributed by atoms with Gasteiger partial charge in [0.25, 0.3) is 5.91 Å². The van der Waals surface area contributed by atoms with Crippen LogP contribution in [0.25, 0.3) is 6.08 Å². The van der Waals surface area contributed by atoms with Crippen molar-refractivity contribution < 1.29 is 10.0 Å². The van der Waals surface area contributed by atoms with E-state index in [1.807, 2.05) is 24.3 Å². The average molecular weight is 242 g/mol. The maximum absolute atomic E-state index is 10.6. The van der Waals surface area contributed by atoms with E-state index in [9.17, 15) is 4.79 Å². The van der Waals surface area contributed by atoms with Crippen LogP contribution in [0.4, 0.5) is 0 Å². The molecule has 0 saturated carbocycles. The molecule has 1 aromatic carbocycles. The molecule has 0 spiro atoms. The van der Waals surface area contributed by atoms with Gasteiger partial charge in [-0.25, -0.2) is 5.48 Å². The topological polar surface area (TPSA) is 49.3 Å². The quantitative estimate of drug-likeness (QED) is 0.473. The van der Waals surface area contributed by atoms with Crippen LogP contribution in [0.5, 0.6) is 0 Å². The molecule has 0 fully saturated rings. The minimum Gasteiger partial charge on any atom is -0.288 e. The molecular formula is C9H8BrNO2. The first kappa shape index (κ1) is 9.95. The van der Waals surface area contributed by atoms with Crippen molar-refractivity contribution in [2.75, 3.05) is 0 Å². The van der Waals surface area contributed by atoms with Crippen molar-refractivity contribution in [2.24, 2.45) is 0 Å². The molecule has 0 saturated heterocycles. The second kappa shape index (κ2) is 4.79. The molecule has 0 aliphatic heterocycles. The summed E-state index contributed by atoms with van der Waals surface area (Å²) in [5, 5.41) is 8.21. The Morgan fingerprint density at radius 1 is 1.54 bits per heavy atom. The van der Waals surface area contributed by atoms with Crippen LogP contribution >= 0.6 is 15.9 Å². The highest BCUT2D eigenvalue weighted by Crippen LogP contribution is 2.12. The van der Waals surface area contributed by atoms with Crippen molar-refractivity contribution in [3.8, 4) is 0 Å². The van der Waals surface area contributed by atoms with Gasteiger partial charge in [-0.3, -0.25) is 10.0 Å². The first-order chi connectivity index (χ1) is 6.22. The molecule has 1 amide bonds. The molecule has 68 valence electrons. The highest BCUT2D eigenvalue weighted by atomic mass is 79.9. The molecule has 0 heterocycles. The number of halogens is 1. The Balaban J connectivity index is 2.74. The van der Waals surface area contributed by atoms with E-state index in [1.165, 1.54) is 11.6 Å². The van der Waals surface area contributed by atoms with Gasteiger partial charge < -0.3 is 0 Å². The van der Waals surface area contributed by atoms with Crippen molar-refractivity contribution in [3.05, 3.63) is 40.4 Å². The zero-order valence-corrected chi connectivity index (χ0v) is 8.28. The predicted octanol–water partition coefficient (Wildman–Crippen LogP) is 1.97. The van der Waals surface area contributed by atoms with E-state index in [4.69, 9.17) is 5.21 Å². The van der Waals surface area contributed by atoms with Crippen LogP contribution in [0.15, 0.2) is 34.8 Å². The molecule has 0 atom stereocenters. The Kier molecular flexibility index (Phi) is 3.67. The molecule has 0 aromatic heterocycles. The molecule has 0 aliphatic rings. The average Bonchev–Trinajstić information content (AvgIpc) is 2.14. The van der Waals surface area contributed by atoms with E-state index < -0.39 is 5.91 Å². The Morgan fingerprint density at radius 2 is 2.31 bits per heavy atom. The van der Waals surface area contributed by atoms with Crippen LogP contribution in [-0.4, -0.2) is 11.1 Å². The Morgan fingerprint density at radius 3 is 2.92 bits per heavy atom. The van der Waals surface area contributed by atoms with Gasteiger partial charge in [-0.2, -0.15) is 0 Å². The third-order valence-electron chi connectivity index (χ3n) is 1.39. The summed E-state index contributed by atoms with van der Waals surface area (Å²) >= 11 is 3.30. The van der Waals surface area contributed by atoms with Gasteiger partial charge in [0.05, 0.1) is 0 Å². The van der Waals surface area contributed by atoms with Gasteiger partial charge in [-0.15, -0.1) is 0 Å². The summed E-state index contributed by atoms with van der Waals surface area (Å²) in [7, 11) is 0. The van der Waals surface area contributed by atoms with E-state index in [1.54, 1.807) is 6.08 Å². The normalized spacial score (nSPS) is 10.3. The first-order valence-electron chi connectivity index (χ1n) is 3.60. The molecule has 3 nitrogen and oxygen atoms in total. The Hall–Kier alpha value is -1.13. The minimum atomic E-state index is -0.542. The second-order valence-corrected chi connectivity index (χ2v) is 3.28. The lowest BCUT2D eigenvalue weighted by Gasteiger charge is -1.93. The number of hydrogen-bond donors (Lipinski definition) is 2. The zero-order valence-electron chi connectivity index (χ0n) is 6.70. The van der Waals surface area contributed by atoms with E-state index in [0.717, 1.165) is 10.0 Å². The highest BCUT2D eigenvalue weighted by Gasteiger charge is 1.91. The minimum absolute atomic E-state index is 0.542. The fourth-order valence-electron chi connectivity index (χ4n) is 0.819. The van der Waals surface area contributed by atoms with E-state index in [0.29, 0.717) is 0 Å². The van der Waals surface area contributed by atoms with Gasteiger partial charge >= 0.3 is 0 Å². The summed E-state index contributed by atoms with van der Waals surface area (Å²) in [5.74, 6) is -0.542. The van der Waals surface area contributed by atoms with Crippen molar-refractivity contribution in [1.29, 1.82) is 0 Å². The van der Waals surface area contributed by atoms with E-state index >= 15 is 0 Å². The molecule has 1 rings (SSSR count). The number of nitrogens with one attached hydrogen (secondary N) is 1. The third-order valence-corrected chi connectivity index (χ3v) is 1.88. The van der Waals surface area contributed by atoms with Gasteiger partial charge in [-0.05, 0) is 23.8 Å². The van der Waals surface area contributed by atoms with Crippen LogP contribution in [0.2, 0.25) is 0 Å². The molecule has 0 aliphatic carbocycles. The lowest BCUT2D eigenvalue weighted by Crippen LogP contribution is -2.14. The van der Waals surface area contributed by atoms with Gasteiger partial charge in [0.1, 0.15) is 0 Å². The summed E-state index contributed by atoms with van der Waals surface area (Å²) in [6.45, 7) is 0. The zero-order chi connectivity index (χ0) is 9.68. The SMILES string of the molecule is O=C(C=Cc1cccc(Br)c1)NO. The number of hydrogen-bond acceptors (Lipinski definition) is 2. The molecular weight excluding hydrogens is 234 g/mol. The number of benzene rings is 1. The number of rotatable bonds is 2. The molecule has 4 heteroatoms. The first-order valence-corrected chi connectivity index (χ1v) is 4.39. The summed E-state index contributed by atoms with van der Waals surface area (Å²) in [6, 6.07) is 7.47. The lowest BCUT2D eigenvalue weighted by atomic mass is 10.2. The van der Waals surface area contributed by atoms with E-state index in [2.05, 4.69) is 15.9 Å². The van der Waals surface area contributed by atoms with Crippen LogP contribution < -0.4 is 5.48 Å². The molecule has 0 bridgehead atoms. The van der Waals surface area contributed by atoms with Crippen molar-refractivity contribution >= 4 is 27.9 Å². The lowest BCUT2D eigenvalue weighted by molar-refractivity contribution is -0.124. The number of carbonyl (C=O) groups is 1. The molecule has 0 radical (unpaired) electrons. The predicted molar refractivity (Wildman–Crippen MR) is 53.1 cm³/mol. The summed E-state index contributed by atoms with van der Waals surface area (Å²) < 4.78 is 0.944. The summed E-state index contributed by atoms with van der Waals surface area (Å²) in [4.78, 5) is 10.6. The van der Waals surface area contributed by atoms with Crippen LogP contribution in [0, 0.1) is 0 Å². The Labute approximate surface area is 84.2 Å². The van der Waals surface area contributed by atoms with Crippen molar-refractivity contribution in [1.82, 2.24) is 5.48 Å². The standard InChI is InChI=1S/C9H8BrNO2/c10-8-3-1-2-7(6-8)4-5-9(12)11-13/h1-6,13H,(H,11,12). The van der Waals surface area contributed by atoms with Gasteiger partial charge in [-0.1, -0.05) is 28.1 Å². The summed E-state index contributed by atoms with van der Waals surface area (Å²) in [5.41, 5.74) is 2.40. The van der Waals surface area contributed by atoms with Crippen LogP contribution in [-0.2, 0) is 4.79 Å². The number of amides is 1. The Bertz CT molecular complexity index is 336. The summed E-state index contributed by atoms with van der Waals surface area (Å²) in [6.07, 6.45) is 2.86. The number of hydroxylamine groups is 1. The highest BCUT2D eigenvalue weighted by molar-refractivity contribution is 9.10. The van der Waals surface area contributed by atoms with Gasteiger partial charge in [0, 0.05) is 10.5 Å². The second-order valence-electron chi connectivity index (χ2n) is 2.36. The molecule has 13 heavy (non-hydrogen) atoms. The maximum atomic E-state index is 10.6. The molecule has 0 unspecified atom stereocenters. The van der Waals surface area contributed by atoms with Gasteiger partial charge in [0.2, 0.25) is 0 Å². The van der Waals surface area contributed by atoms with E-state index in [-0.39, 0.29) is 0 Å². The smallest absolute Gasteiger partial charge is 0.267 e.